The largest absolute Gasteiger partial charge is 0.399 e. The van der Waals surface area contributed by atoms with Crippen molar-refractivity contribution in [2.75, 3.05) is 36.9 Å². The van der Waals surface area contributed by atoms with Crippen LogP contribution in [0.2, 0.25) is 0 Å². The molecule has 0 aliphatic carbocycles. The summed E-state index contributed by atoms with van der Waals surface area (Å²) in [6, 6.07) is 9.72. The predicted molar refractivity (Wildman–Crippen MR) is 85.9 cm³/mol. The fourth-order valence-corrected chi connectivity index (χ4v) is 2.74. The number of nitrogen functional groups attached to an aromatic ring is 1. The van der Waals surface area contributed by atoms with E-state index in [1.807, 2.05) is 47.1 Å². The number of fused-ring (bicyclic) bond motifs is 1. The van der Waals surface area contributed by atoms with E-state index in [0.29, 0.717) is 5.78 Å². The highest BCUT2D eigenvalue weighted by Crippen LogP contribution is 2.22. The Morgan fingerprint density at radius 1 is 1.14 bits per heavy atom. The summed E-state index contributed by atoms with van der Waals surface area (Å²) in [6.07, 6.45) is 3.88. The maximum atomic E-state index is 5.84. The second-order valence-electron chi connectivity index (χ2n) is 5.32. The fraction of sp³-hybridized carbons (Fsp3) is 0.250. The van der Waals surface area contributed by atoms with Crippen molar-refractivity contribution in [1.82, 2.24) is 14.4 Å². The van der Waals surface area contributed by atoms with Crippen LogP contribution in [0.4, 0.5) is 11.5 Å². The van der Waals surface area contributed by atoms with Gasteiger partial charge in [0, 0.05) is 30.5 Å². The van der Waals surface area contributed by atoms with Crippen molar-refractivity contribution in [3.05, 3.63) is 42.7 Å². The van der Waals surface area contributed by atoms with Crippen molar-refractivity contribution in [2.45, 2.75) is 0 Å². The molecule has 6 nitrogen and oxygen atoms in total. The van der Waals surface area contributed by atoms with Crippen LogP contribution in [0.5, 0.6) is 0 Å². The predicted octanol–water partition coefficient (Wildman–Crippen LogP) is 1.82. The zero-order chi connectivity index (χ0) is 14.9. The summed E-state index contributed by atoms with van der Waals surface area (Å²) < 4.78 is 7.41. The summed E-state index contributed by atoms with van der Waals surface area (Å²) >= 11 is 0. The number of nitrogens with zero attached hydrogens (tertiary/aromatic N) is 4. The van der Waals surface area contributed by atoms with Gasteiger partial charge in [0.25, 0.3) is 0 Å². The maximum Gasteiger partial charge on any atom is 0.235 e. The second kappa shape index (κ2) is 5.31. The lowest BCUT2D eigenvalue weighted by Crippen LogP contribution is -2.36. The molecule has 112 valence electrons. The fourth-order valence-electron chi connectivity index (χ4n) is 2.74. The molecule has 1 aliphatic rings. The zero-order valence-corrected chi connectivity index (χ0v) is 12.1. The Hall–Kier alpha value is -2.60. The number of nitrogens with two attached hydrogens (primary N) is 1. The molecule has 1 aromatic carbocycles. The van der Waals surface area contributed by atoms with E-state index in [-0.39, 0.29) is 0 Å². The van der Waals surface area contributed by atoms with E-state index in [4.69, 9.17) is 10.5 Å². The van der Waals surface area contributed by atoms with E-state index in [9.17, 15) is 0 Å². The van der Waals surface area contributed by atoms with Crippen LogP contribution in [0.1, 0.15) is 0 Å². The van der Waals surface area contributed by atoms with Crippen molar-refractivity contribution in [2.24, 2.45) is 0 Å². The molecule has 4 rings (SSSR count). The number of anilines is 2. The van der Waals surface area contributed by atoms with Gasteiger partial charge in [-0.1, -0.05) is 12.1 Å². The molecule has 0 unspecified atom stereocenters. The maximum absolute atomic E-state index is 5.84. The smallest absolute Gasteiger partial charge is 0.235 e. The highest BCUT2D eigenvalue weighted by atomic mass is 16.5. The Kier molecular flexibility index (Phi) is 3.16. The second-order valence-corrected chi connectivity index (χ2v) is 5.32. The first-order valence-electron chi connectivity index (χ1n) is 7.34. The number of rotatable bonds is 2. The number of aromatic nitrogens is 3. The van der Waals surface area contributed by atoms with Gasteiger partial charge in [-0.3, -0.25) is 4.40 Å². The Balaban J connectivity index is 1.73. The van der Waals surface area contributed by atoms with Crippen LogP contribution in [0.25, 0.3) is 17.0 Å². The summed E-state index contributed by atoms with van der Waals surface area (Å²) in [5.41, 5.74) is 8.45. The van der Waals surface area contributed by atoms with Gasteiger partial charge < -0.3 is 15.4 Å². The first-order chi connectivity index (χ1) is 10.8. The summed E-state index contributed by atoms with van der Waals surface area (Å²) in [5, 5.41) is 0. The highest BCUT2D eigenvalue weighted by molar-refractivity contribution is 5.65. The van der Waals surface area contributed by atoms with Crippen molar-refractivity contribution in [3.63, 3.8) is 0 Å². The normalized spacial score (nSPS) is 15.4. The quantitative estimate of drug-likeness (QED) is 0.730. The number of ether oxygens (including phenoxy) is 1. The molecule has 1 saturated heterocycles. The van der Waals surface area contributed by atoms with Gasteiger partial charge in [-0.2, -0.15) is 0 Å². The van der Waals surface area contributed by atoms with Gasteiger partial charge in [0.15, 0.2) is 0 Å². The van der Waals surface area contributed by atoms with Gasteiger partial charge in [-0.25, -0.2) is 9.97 Å². The zero-order valence-electron chi connectivity index (χ0n) is 12.1. The van der Waals surface area contributed by atoms with Crippen molar-refractivity contribution in [3.8, 4) is 11.3 Å². The summed E-state index contributed by atoms with van der Waals surface area (Å²) in [4.78, 5) is 11.4. The van der Waals surface area contributed by atoms with Crippen LogP contribution in [0, 0.1) is 0 Å². The van der Waals surface area contributed by atoms with Gasteiger partial charge in [-0.15, -0.1) is 0 Å². The number of benzene rings is 1. The van der Waals surface area contributed by atoms with E-state index in [0.717, 1.165) is 49.1 Å². The van der Waals surface area contributed by atoms with Gasteiger partial charge in [-0.05, 0) is 18.2 Å². The molecule has 0 atom stereocenters. The van der Waals surface area contributed by atoms with Gasteiger partial charge in [0.1, 0.15) is 5.82 Å². The van der Waals surface area contributed by atoms with Crippen LogP contribution in [-0.4, -0.2) is 40.7 Å². The standard InChI is InChI=1S/C16H17N5O/c17-13-3-1-2-12(10-13)14-4-5-21-15(11-18-16(21)19-14)20-6-8-22-9-7-20/h1-5,10-11H,6-9,17H2. The monoisotopic (exact) mass is 295 g/mol. The average Bonchev–Trinajstić information content (AvgIpc) is 2.99. The van der Waals surface area contributed by atoms with Crippen LogP contribution in [0.15, 0.2) is 42.7 Å². The lowest BCUT2D eigenvalue weighted by molar-refractivity contribution is 0.122. The minimum absolute atomic E-state index is 0.696. The third-order valence-electron chi connectivity index (χ3n) is 3.88. The van der Waals surface area contributed by atoms with Gasteiger partial charge in [0.2, 0.25) is 5.78 Å². The number of hydrogen-bond donors (Lipinski definition) is 1. The molecule has 2 N–H and O–H groups in total. The molecule has 1 aliphatic heterocycles. The number of morpholine rings is 1. The molecule has 3 aromatic rings. The van der Waals surface area contributed by atoms with Crippen LogP contribution < -0.4 is 10.6 Å². The van der Waals surface area contributed by atoms with E-state index >= 15 is 0 Å². The van der Waals surface area contributed by atoms with Crippen molar-refractivity contribution >= 4 is 17.3 Å². The molecule has 22 heavy (non-hydrogen) atoms. The van der Waals surface area contributed by atoms with E-state index in [2.05, 4.69) is 14.9 Å². The number of hydrogen-bond acceptors (Lipinski definition) is 5. The highest BCUT2D eigenvalue weighted by Gasteiger charge is 2.16. The third-order valence-corrected chi connectivity index (χ3v) is 3.88. The summed E-state index contributed by atoms with van der Waals surface area (Å²) in [5.74, 6) is 1.76. The van der Waals surface area contributed by atoms with E-state index in [1.54, 1.807) is 0 Å². The molecule has 1 fully saturated rings. The molecular weight excluding hydrogens is 278 g/mol. The molecule has 0 spiro atoms. The molecule has 0 amide bonds. The van der Waals surface area contributed by atoms with Gasteiger partial charge in [0.05, 0.1) is 25.1 Å². The van der Waals surface area contributed by atoms with E-state index < -0.39 is 0 Å². The van der Waals surface area contributed by atoms with Crippen LogP contribution in [0.3, 0.4) is 0 Å². The third kappa shape index (κ3) is 2.27. The Morgan fingerprint density at radius 2 is 2.00 bits per heavy atom. The molecule has 2 aromatic heterocycles. The molecule has 3 heterocycles. The minimum Gasteiger partial charge on any atom is -0.399 e. The molecule has 0 radical (unpaired) electrons. The lowest BCUT2D eigenvalue weighted by Gasteiger charge is -2.27. The van der Waals surface area contributed by atoms with Crippen LogP contribution >= 0.6 is 0 Å². The SMILES string of the molecule is Nc1cccc(-c2ccn3c(N4CCOCC4)cnc3n2)c1. The summed E-state index contributed by atoms with van der Waals surface area (Å²) in [6.45, 7) is 3.26. The Labute approximate surface area is 128 Å². The Morgan fingerprint density at radius 3 is 2.82 bits per heavy atom. The molecule has 0 bridgehead atoms. The number of imidazole rings is 1. The molecule has 6 heteroatoms. The average molecular weight is 295 g/mol. The first-order valence-corrected chi connectivity index (χ1v) is 7.34. The topological polar surface area (TPSA) is 68.7 Å². The van der Waals surface area contributed by atoms with Crippen LogP contribution in [-0.2, 0) is 4.74 Å². The van der Waals surface area contributed by atoms with E-state index in [1.165, 1.54) is 0 Å². The first kappa shape index (κ1) is 13.1. The van der Waals surface area contributed by atoms with Gasteiger partial charge >= 0.3 is 0 Å². The minimum atomic E-state index is 0.696. The molecule has 0 saturated carbocycles. The molecular formula is C16H17N5O. The summed E-state index contributed by atoms with van der Waals surface area (Å²) in [7, 11) is 0. The lowest BCUT2D eigenvalue weighted by atomic mass is 10.1. The van der Waals surface area contributed by atoms with Crippen molar-refractivity contribution < 1.29 is 4.74 Å². The van der Waals surface area contributed by atoms with Crippen molar-refractivity contribution in [1.29, 1.82) is 0 Å². The Bertz CT molecular complexity index is 807.